The summed E-state index contributed by atoms with van der Waals surface area (Å²) >= 11 is 0. The van der Waals surface area contributed by atoms with Gasteiger partial charge in [0.05, 0.1) is 32.0 Å². The third-order valence-electron chi connectivity index (χ3n) is 3.67. The molecule has 7 nitrogen and oxygen atoms in total. The summed E-state index contributed by atoms with van der Waals surface area (Å²) in [5, 5.41) is 0. The van der Waals surface area contributed by atoms with Crippen LogP contribution in [0, 0.1) is 0 Å². The Morgan fingerprint density at radius 1 is 0.889 bits per heavy atom. The van der Waals surface area contributed by atoms with Crippen LogP contribution in [0.4, 0.5) is 0 Å². The number of carbonyl (C=O) groups is 2. The minimum Gasteiger partial charge on any atom is -0.485 e. The molecular weight excluding hydrogens is 350 g/mol. The zero-order chi connectivity index (χ0) is 19.6. The molecular formula is C20H31NO6. The summed E-state index contributed by atoms with van der Waals surface area (Å²) < 4.78 is 21.6. The predicted molar refractivity (Wildman–Crippen MR) is 102 cm³/mol. The maximum absolute atomic E-state index is 11.8. The van der Waals surface area contributed by atoms with E-state index in [-0.39, 0.29) is 12.4 Å². The second kappa shape index (κ2) is 16.4. The van der Waals surface area contributed by atoms with Crippen molar-refractivity contribution in [1.82, 2.24) is 0 Å². The first-order chi connectivity index (χ1) is 13.3. The van der Waals surface area contributed by atoms with Crippen LogP contribution in [0.15, 0.2) is 24.3 Å². The molecule has 0 radical (unpaired) electrons. The Labute approximate surface area is 161 Å². The van der Waals surface area contributed by atoms with Crippen molar-refractivity contribution >= 4 is 12.1 Å². The monoisotopic (exact) mass is 381 g/mol. The van der Waals surface area contributed by atoms with Crippen molar-refractivity contribution in [2.45, 2.75) is 25.7 Å². The van der Waals surface area contributed by atoms with Gasteiger partial charge >= 0.3 is 0 Å². The van der Waals surface area contributed by atoms with Crippen molar-refractivity contribution in [3.8, 4) is 5.75 Å². The Hall–Kier alpha value is -1.80. The molecule has 2 N–H and O–H groups in total. The molecule has 0 fully saturated rings. The predicted octanol–water partition coefficient (Wildman–Crippen LogP) is 2.02. The van der Waals surface area contributed by atoms with E-state index in [4.69, 9.17) is 24.7 Å². The summed E-state index contributed by atoms with van der Waals surface area (Å²) in [5.74, 6) is 0.447. The Morgan fingerprint density at radius 3 is 2.19 bits per heavy atom. The molecule has 0 unspecified atom stereocenters. The third kappa shape index (κ3) is 12.3. The summed E-state index contributed by atoms with van der Waals surface area (Å²) in [6.07, 6.45) is 3.56. The van der Waals surface area contributed by atoms with E-state index in [1.165, 1.54) is 0 Å². The highest BCUT2D eigenvalue weighted by molar-refractivity contribution is 5.81. The number of hydrogen-bond donors (Lipinski definition) is 1. The fourth-order valence-electron chi connectivity index (χ4n) is 2.19. The maximum Gasteiger partial charge on any atom is 0.170 e. The van der Waals surface area contributed by atoms with Crippen LogP contribution in [0.25, 0.3) is 0 Å². The summed E-state index contributed by atoms with van der Waals surface area (Å²) in [6.45, 7) is 4.07. The van der Waals surface area contributed by atoms with E-state index < -0.39 is 0 Å². The largest absolute Gasteiger partial charge is 0.485 e. The second-order valence-electron chi connectivity index (χ2n) is 5.92. The first-order valence-electron chi connectivity index (χ1n) is 9.40. The van der Waals surface area contributed by atoms with Crippen LogP contribution in [-0.4, -0.2) is 64.9 Å². The Kier molecular flexibility index (Phi) is 14.1. The molecule has 1 rings (SSSR count). The Balaban J connectivity index is 1.90. The summed E-state index contributed by atoms with van der Waals surface area (Å²) in [7, 11) is 0. The van der Waals surface area contributed by atoms with E-state index in [1.54, 1.807) is 24.3 Å². The molecule has 152 valence electrons. The second-order valence-corrected chi connectivity index (χ2v) is 5.92. The lowest BCUT2D eigenvalue weighted by atomic mass is 10.2. The van der Waals surface area contributed by atoms with Gasteiger partial charge in [-0.25, -0.2) is 0 Å². The van der Waals surface area contributed by atoms with Crippen LogP contribution >= 0.6 is 0 Å². The lowest BCUT2D eigenvalue weighted by Crippen LogP contribution is -2.13. The fraction of sp³-hybridized carbons (Fsp3) is 0.600. The maximum atomic E-state index is 11.8. The molecule has 0 atom stereocenters. The molecule has 0 spiro atoms. The van der Waals surface area contributed by atoms with Crippen LogP contribution in [-0.2, 0) is 19.0 Å². The van der Waals surface area contributed by atoms with Crippen molar-refractivity contribution in [2.24, 2.45) is 5.73 Å². The summed E-state index contributed by atoms with van der Waals surface area (Å²) in [5.41, 5.74) is 5.81. The molecule has 1 aromatic rings. The number of ether oxygens (including phenoxy) is 4. The van der Waals surface area contributed by atoms with Gasteiger partial charge < -0.3 is 24.7 Å². The number of rotatable bonds is 18. The number of nitrogens with two attached hydrogens (primary N) is 1. The first kappa shape index (κ1) is 23.2. The number of Topliss-reactive ketones (excluding diaryl/α,β-unsaturated/α-hetero) is 1. The molecule has 0 bridgehead atoms. The van der Waals surface area contributed by atoms with Gasteiger partial charge in [0.15, 0.2) is 12.1 Å². The van der Waals surface area contributed by atoms with E-state index in [2.05, 4.69) is 0 Å². The standard InChI is InChI=1S/C20H31NO6/c21-9-5-11-25-13-15-26-14-12-24-10-4-3-7-19(23)17-27-20-8-2-1-6-18(20)16-22/h1-2,6,8,16H,3-5,7,9-15,17,21H2. The Bertz CT molecular complexity index is 523. The molecule has 0 aliphatic rings. The molecule has 27 heavy (non-hydrogen) atoms. The van der Waals surface area contributed by atoms with Gasteiger partial charge in [-0.1, -0.05) is 12.1 Å². The van der Waals surface area contributed by atoms with E-state index in [0.717, 1.165) is 25.5 Å². The molecule has 0 amide bonds. The molecule has 0 heterocycles. The van der Waals surface area contributed by atoms with Gasteiger partial charge in [0, 0.05) is 19.6 Å². The quantitative estimate of drug-likeness (QED) is 0.307. The fourth-order valence-corrected chi connectivity index (χ4v) is 2.19. The number of para-hydroxylation sites is 1. The third-order valence-corrected chi connectivity index (χ3v) is 3.67. The zero-order valence-electron chi connectivity index (χ0n) is 15.9. The van der Waals surface area contributed by atoms with Crippen LogP contribution in [0.1, 0.15) is 36.0 Å². The van der Waals surface area contributed by atoms with E-state index in [9.17, 15) is 9.59 Å². The van der Waals surface area contributed by atoms with Gasteiger partial charge in [-0.05, 0) is 37.9 Å². The molecule has 0 aliphatic heterocycles. The van der Waals surface area contributed by atoms with E-state index in [1.807, 2.05) is 0 Å². The van der Waals surface area contributed by atoms with Crippen LogP contribution in [0.2, 0.25) is 0 Å². The Morgan fingerprint density at radius 2 is 1.52 bits per heavy atom. The van der Waals surface area contributed by atoms with Crippen molar-refractivity contribution in [1.29, 1.82) is 0 Å². The average Bonchev–Trinajstić information content (AvgIpc) is 2.70. The number of hydrogen-bond acceptors (Lipinski definition) is 7. The van der Waals surface area contributed by atoms with Crippen LogP contribution in [0.3, 0.4) is 0 Å². The number of unbranched alkanes of at least 4 members (excludes halogenated alkanes) is 1. The lowest BCUT2D eigenvalue weighted by Gasteiger charge is -2.08. The normalized spacial score (nSPS) is 10.7. The molecule has 0 aromatic heterocycles. The number of benzene rings is 1. The highest BCUT2D eigenvalue weighted by Gasteiger charge is 2.06. The van der Waals surface area contributed by atoms with Gasteiger partial charge in [0.1, 0.15) is 12.4 Å². The average molecular weight is 381 g/mol. The van der Waals surface area contributed by atoms with Crippen molar-refractivity contribution < 1.29 is 28.5 Å². The van der Waals surface area contributed by atoms with Gasteiger partial charge in [-0.2, -0.15) is 0 Å². The highest BCUT2D eigenvalue weighted by Crippen LogP contribution is 2.15. The van der Waals surface area contributed by atoms with Gasteiger partial charge in [0.25, 0.3) is 0 Å². The number of ketones is 1. The molecule has 7 heteroatoms. The van der Waals surface area contributed by atoms with E-state index >= 15 is 0 Å². The minimum absolute atomic E-state index is 0.00803. The molecule has 0 saturated heterocycles. The van der Waals surface area contributed by atoms with Gasteiger partial charge in [-0.3, -0.25) is 9.59 Å². The van der Waals surface area contributed by atoms with Crippen molar-refractivity contribution in [2.75, 3.05) is 52.8 Å². The zero-order valence-corrected chi connectivity index (χ0v) is 15.9. The lowest BCUT2D eigenvalue weighted by molar-refractivity contribution is -0.121. The summed E-state index contributed by atoms with van der Waals surface area (Å²) in [6, 6.07) is 6.85. The molecule has 0 aliphatic carbocycles. The molecule has 1 aromatic carbocycles. The minimum atomic E-state index is -0.0209. The number of aldehydes is 1. The van der Waals surface area contributed by atoms with Gasteiger partial charge in [0.2, 0.25) is 0 Å². The molecule has 0 saturated carbocycles. The van der Waals surface area contributed by atoms with Crippen LogP contribution < -0.4 is 10.5 Å². The van der Waals surface area contributed by atoms with Gasteiger partial charge in [-0.15, -0.1) is 0 Å². The van der Waals surface area contributed by atoms with Crippen molar-refractivity contribution in [3.63, 3.8) is 0 Å². The smallest absolute Gasteiger partial charge is 0.170 e. The highest BCUT2D eigenvalue weighted by atomic mass is 16.5. The number of carbonyl (C=O) groups excluding carboxylic acids is 2. The van der Waals surface area contributed by atoms with E-state index in [0.29, 0.717) is 63.9 Å². The summed E-state index contributed by atoms with van der Waals surface area (Å²) in [4.78, 5) is 22.7. The SMILES string of the molecule is NCCCOCCOCCOCCCCC(=O)COc1ccccc1C=O. The van der Waals surface area contributed by atoms with Crippen molar-refractivity contribution in [3.05, 3.63) is 29.8 Å². The van der Waals surface area contributed by atoms with Crippen LogP contribution in [0.5, 0.6) is 5.75 Å². The topological polar surface area (TPSA) is 97.1 Å². The first-order valence-corrected chi connectivity index (χ1v) is 9.40.